The molecule has 3 rings (SSSR count). The van der Waals surface area contributed by atoms with Gasteiger partial charge in [0.25, 0.3) is 0 Å². The third-order valence-corrected chi connectivity index (χ3v) is 3.39. The van der Waals surface area contributed by atoms with Crippen molar-refractivity contribution in [2.24, 2.45) is 5.92 Å². The Morgan fingerprint density at radius 1 is 1.39 bits per heavy atom. The number of hydrogen-bond acceptors (Lipinski definition) is 5. The second-order valence-corrected chi connectivity index (χ2v) is 4.78. The van der Waals surface area contributed by atoms with Gasteiger partial charge >= 0.3 is 0 Å². The molecule has 0 amide bonds. The monoisotopic (exact) mass is 244 g/mol. The van der Waals surface area contributed by atoms with Crippen molar-refractivity contribution in [3.63, 3.8) is 0 Å². The Labute approximate surface area is 106 Å². The summed E-state index contributed by atoms with van der Waals surface area (Å²) >= 11 is 0. The van der Waals surface area contributed by atoms with Gasteiger partial charge < -0.3 is 9.84 Å². The van der Waals surface area contributed by atoms with Gasteiger partial charge in [0, 0.05) is 18.8 Å². The summed E-state index contributed by atoms with van der Waals surface area (Å²) in [6.07, 6.45) is 5.40. The number of aromatic nitrogens is 3. The van der Waals surface area contributed by atoms with Crippen molar-refractivity contribution in [1.29, 1.82) is 0 Å². The third kappa shape index (κ3) is 2.26. The van der Waals surface area contributed by atoms with Crippen LogP contribution in [0.1, 0.15) is 36.7 Å². The van der Waals surface area contributed by atoms with Gasteiger partial charge in [-0.25, -0.2) is 0 Å². The van der Waals surface area contributed by atoms with E-state index in [0.29, 0.717) is 18.2 Å². The van der Waals surface area contributed by atoms with Crippen LogP contribution < -0.4 is 5.32 Å². The fourth-order valence-electron chi connectivity index (χ4n) is 2.31. The molecule has 18 heavy (non-hydrogen) atoms. The molecule has 0 bridgehead atoms. The summed E-state index contributed by atoms with van der Waals surface area (Å²) in [4.78, 5) is 8.47. The molecule has 5 heteroatoms. The summed E-state index contributed by atoms with van der Waals surface area (Å²) in [7, 11) is 0. The fourth-order valence-corrected chi connectivity index (χ4v) is 2.31. The summed E-state index contributed by atoms with van der Waals surface area (Å²) in [6.45, 7) is 3.23. The molecule has 3 heterocycles. The summed E-state index contributed by atoms with van der Waals surface area (Å²) in [5.41, 5.74) is 1.14. The Bertz CT molecular complexity index is 511. The van der Waals surface area contributed by atoms with Crippen molar-refractivity contribution in [1.82, 2.24) is 20.4 Å². The molecule has 1 aliphatic heterocycles. The first kappa shape index (κ1) is 11.3. The van der Waals surface area contributed by atoms with Gasteiger partial charge in [0.05, 0.1) is 6.04 Å². The van der Waals surface area contributed by atoms with Gasteiger partial charge in [0.2, 0.25) is 5.89 Å². The second-order valence-electron chi connectivity index (χ2n) is 4.78. The molecule has 1 fully saturated rings. The second kappa shape index (κ2) is 4.86. The maximum atomic E-state index is 5.35. The largest absolute Gasteiger partial charge is 0.338 e. The number of pyridine rings is 1. The van der Waals surface area contributed by atoms with Crippen molar-refractivity contribution in [3.8, 4) is 0 Å². The van der Waals surface area contributed by atoms with E-state index in [1.54, 1.807) is 12.4 Å². The van der Waals surface area contributed by atoms with Crippen LogP contribution in [0.3, 0.4) is 0 Å². The van der Waals surface area contributed by atoms with E-state index in [1.165, 1.54) is 0 Å². The molecule has 0 aliphatic carbocycles. The fraction of sp³-hybridized carbons (Fsp3) is 0.462. The molecular formula is C13H16N4O. The first-order chi connectivity index (χ1) is 8.83. The lowest BCUT2D eigenvalue weighted by atomic mass is 10.0. The molecule has 2 atom stereocenters. The van der Waals surface area contributed by atoms with Crippen molar-refractivity contribution in [2.75, 3.05) is 6.54 Å². The lowest BCUT2D eigenvalue weighted by Gasteiger charge is -2.09. The number of nitrogens with one attached hydrogen (secondary N) is 1. The van der Waals surface area contributed by atoms with E-state index in [0.717, 1.165) is 24.4 Å². The van der Waals surface area contributed by atoms with Crippen LogP contribution in [0.4, 0.5) is 0 Å². The first-order valence-corrected chi connectivity index (χ1v) is 6.27. The summed E-state index contributed by atoms with van der Waals surface area (Å²) in [5.74, 6) is 2.00. The van der Waals surface area contributed by atoms with Gasteiger partial charge in [-0.05, 0) is 36.6 Å². The molecule has 2 aromatic rings. The SMILES string of the molecule is CC1CCNC1c1nc(Cc2ccncc2)no1. The van der Waals surface area contributed by atoms with E-state index in [4.69, 9.17) is 4.52 Å². The predicted molar refractivity (Wildman–Crippen MR) is 65.9 cm³/mol. The van der Waals surface area contributed by atoms with E-state index in [1.807, 2.05) is 12.1 Å². The number of hydrogen-bond donors (Lipinski definition) is 1. The first-order valence-electron chi connectivity index (χ1n) is 6.27. The van der Waals surface area contributed by atoms with E-state index in [9.17, 15) is 0 Å². The van der Waals surface area contributed by atoms with Crippen LogP contribution in [-0.2, 0) is 6.42 Å². The van der Waals surface area contributed by atoms with Crippen LogP contribution >= 0.6 is 0 Å². The Hall–Kier alpha value is -1.75. The van der Waals surface area contributed by atoms with Crippen LogP contribution in [0, 0.1) is 5.92 Å². The van der Waals surface area contributed by atoms with Crippen LogP contribution in [0.5, 0.6) is 0 Å². The van der Waals surface area contributed by atoms with Crippen molar-refractivity contribution >= 4 is 0 Å². The van der Waals surface area contributed by atoms with Gasteiger partial charge in [0.15, 0.2) is 5.82 Å². The molecule has 2 aromatic heterocycles. The van der Waals surface area contributed by atoms with E-state index >= 15 is 0 Å². The minimum Gasteiger partial charge on any atom is -0.338 e. The highest BCUT2D eigenvalue weighted by Crippen LogP contribution is 2.27. The third-order valence-electron chi connectivity index (χ3n) is 3.39. The van der Waals surface area contributed by atoms with Crippen molar-refractivity contribution in [3.05, 3.63) is 41.8 Å². The molecule has 1 N–H and O–H groups in total. The highest BCUT2D eigenvalue weighted by Gasteiger charge is 2.29. The number of nitrogens with zero attached hydrogens (tertiary/aromatic N) is 3. The molecule has 94 valence electrons. The normalized spacial score (nSPS) is 23.4. The maximum Gasteiger partial charge on any atom is 0.244 e. The lowest BCUT2D eigenvalue weighted by molar-refractivity contribution is 0.317. The molecule has 1 saturated heterocycles. The Morgan fingerprint density at radius 3 is 2.94 bits per heavy atom. The molecule has 0 spiro atoms. The molecule has 2 unspecified atom stereocenters. The standard InChI is InChI=1S/C13H16N4O/c1-9-2-7-15-12(9)13-16-11(17-18-13)8-10-3-5-14-6-4-10/h3-6,9,12,15H,2,7-8H2,1H3. The van der Waals surface area contributed by atoms with Crippen LogP contribution in [0.2, 0.25) is 0 Å². The smallest absolute Gasteiger partial charge is 0.244 e. The van der Waals surface area contributed by atoms with Crippen LogP contribution in [-0.4, -0.2) is 21.7 Å². The minimum atomic E-state index is 0.212. The summed E-state index contributed by atoms with van der Waals surface area (Å²) in [5, 5.41) is 7.44. The predicted octanol–water partition coefficient (Wildman–Crippen LogP) is 1.73. The van der Waals surface area contributed by atoms with Gasteiger partial charge in [-0.2, -0.15) is 4.98 Å². The number of rotatable bonds is 3. The van der Waals surface area contributed by atoms with Gasteiger partial charge in [0.1, 0.15) is 0 Å². The quantitative estimate of drug-likeness (QED) is 0.890. The van der Waals surface area contributed by atoms with Gasteiger partial charge in [-0.1, -0.05) is 12.1 Å². The summed E-state index contributed by atoms with van der Waals surface area (Å²) < 4.78 is 5.35. The van der Waals surface area contributed by atoms with Crippen molar-refractivity contribution in [2.45, 2.75) is 25.8 Å². The average Bonchev–Trinajstić information content (AvgIpc) is 2.99. The Morgan fingerprint density at radius 2 is 2.22 bits per heavy atom. The van der Waals surface area contributed by atoms with E-state index < -0.39 is 0 Å². The maximum absolute atomic E-state index is 5.35. The van der Waals surface area contributed by atoms with Gasteiger partial charge in [-0.15, -0.1) is 0 Å². The average molecular weight is 244 g/mol. The van der Waals surface area contributed by atoms with E-state index in [2.05, 4.69) is 27.4 Å². The zero-order valence-corrected chi connectivity index (χ0v) is 10.3. The Kier molecular flexibility index (Phi) is 3.06. The molecule has 0 radical (unpaired) electrons. The highest BCUT2D eigenvalue weighted by atomic mass is 16.5. The molecule has 0 aromatic carbocycles. The van der Waals surface area contributed by atoms with Crippen LogP contribution in [0.15, 0.2) is 29.0 Å². The molecular weight excluding hydrogens is 228 g/mol. The Balaban J connectivity index is 1.74. The lowest BCUT2D eigenvalue weighted by Crippen LogP contribution is -2.16. The highest BCUT2D eigenvalue weighted by molar-refractivity contribution is 5.15. The van der Waals surface area contributed by atoms with Gasteiger partial charge in [-0.3, -0.25) is 4.98 Å². The molecule has 0 saturated carbocycles. The van der Waals surface area contributed by atoms with Crippen molar-refractivity contribution < 1.29 is 4.52 Å². The minimum absolute atomic E-state index is 0.212. The zero-order valence-electron chi connectivity index (χ0n) is 10.3. The summed E-state index contributed by atoms with van der Waals surface area (Å²) in [6, 6.07) is 4.14. The molecule has 5 nitrogen and oxygen atoms in total. The zero-order chi connectivity index (χ0) is 12.4. The van der Waals surface area contributed by atoms with Crippen LogP contribution in [0.25, 0.3) is 0 Å². The van der Waals surface area contributed by atoms with E-state index in [-0.39, 0.29) is 6.04 Å². The molecule has 1 aliphatic rings. The topological polar surface area (TPSA) is 63.8 Å².